The number of nitrogens with zero attached hydrogens (tertiary/aromatic N) is 1. The zero-order chi connectivity index (χ0) is 22.4. The number of carbonyl (C=O) groups is 2. The summed E-state index contributed by atoms with van der Waals surface area (Å²) in [6, 6.07) is 26.4. The van der Waals surface area contributed by atoms with Crippen LogP contribution in [0, 0.1) is 13.8 Å². The maximum absolute atomic E-state index is 13.7. The first-order chi connectivity index (χ1) is 16.0. The second kappa shape index (κ2) is 6.17. The average molecular weight is 425 g/mol. The van der Waals surface area contributed by atoms with Crippen LogP contribution < -0.4 is 4.90 Å². The molecule has 156 valence electrons. The number of amides is 2. The summed E-state index contributed by atoms with van der Waals surface area (Å²) in [4.78, 5) is 28.8. The largest absolute Gasteiger partial charge is 0.268 e. The molecule has 0 saturated carbocycles. The van der Waals surface area contributed by atoms with Gasteiger partial charge < -0.3 is 0 Å². The lowest BCUT2D eigenvalue weighted by molar-refractivity contribution is 0.0893. The van der Waals surface area contributed by atoms with Crippen molar-refractivity contribution in [2.24, 2.45) is 0 Å². The molecule has 0 fully saturated rings. The third-order valence-corrected chi connectivity index (χ3v) is 7.12. The molecule has 1 heterocycles. The van der Waals surface area contributed by atoms with E-state index in [0.29, 0.717) is 16.8 Å². The Morgan fingerprint density at radius 3 is 1.76 bits per heavy atom. The summed E-state index contributed by atoms with van der Waals surface area (Å²) in [6.45, 7) is 3.90. The third kappa shape index (κ3) is 2.24. The van der Waals surface area contributed by atoms with Crippen LogP contribution in [-0.4, -0.2) is 11.8 Å². The Morgan fingerprint density at radius 2 is 1.15 bits per heavy atom. The van der Waals surface area contributed by atoms with Gasteiger partial charge in [-0.1, -0.05) is 60.7 Å². The number of carbonyl (C=O) groups excluding carboxylic acids is 2. The zero-order valence-electron chi connectivity index (χ0n) is 18.3. The first kappa shape index (κ1) is 18.3. The molecule has 0 bridgehead atoms. The number of benzene rings is 6. The van der Waals surface area contributed by atoms with Gasteiger partial charge in [0.1, 0.15) is 0 Å². The number of rotatable bonds is 1. The maximum atomic E-state index is 13.7. The van der Waals surface area contributed by atoms with Crippen molar-refractivity contribution in [1.82, 2.24) is 0 Å². The van der Waals surface area contributed by atoms with Gasteiger partial charge in [0.05, 0.1) is 5.69 Å². The lowest BCUT2D eigenvalue weighted by Crippen LogP contribution is -2.41. The minimum absolute atomic E-state index is 0.262. The van der Waals surface area contributed by atoms with E-state index in [4.69, 9.17) is 0 Å². The van der Waals surface area contributed by atoms with Crippen LogP contribution in [0.5, 0.6) is 0 Å². The van der Waals surface area contributed by atoms with Gasteiger partial charge in [0.25, 0.3) is 11.8 Å². The van der Waals surface area contributed by atoms with Gasteiger partial charge in [-0.05, 0) is 80.9 Å². The van der Waals surface area contributed by atoms with Crippen LogP contribution in [0.25, 0.3) is 43.1 Å². The smallest absolute Gasteiger partial charge is 0.265 e. The Kier molecular flexibility index (Phi) is 3.43. The summed E-state index contributed by atoms with van der Waals surface area (Å²) in [5.74, 6) is -0.524. The van der Waals surface area contributed by atoms with Crippen LogP contribution in [0.1, 0.15) is 31.8 Å². The summed E-state index contributed by atoms with van der Waals surface area (Å²) in [5.41, 5.74) is 3.73. The number of anilines is 1. The highest BCUT2D eigenvalue weighted by atomic mass is 16.2. The SMILES string of the molecule is Cc1ccc(C)c(N2C(=O)c3ccc4c5cccc6cccc(c7ccc(c3c47)C2=O)c65)c1. The van der Waals surface area contributed by atoms with Gasteiger partial charge in [0, 0.05) is 16.5 Å². The molecule has 0 radical (unpaired) electrons. The summed E-state index contributed by atoms with van der Waals surface area (Å²) in [5, 5.41) is 8.64. The quantitative estimate of drug-likeness (QED) is 0.159. The molecule has 6 aromatic carbocycles. The van der Waals surface area contributed by atoms with Gasteiger partial charge in [-0.25, -0.2) is 4.90 Å². The van der Waals surface area contributed by atoms with Gasteiger partial charge in [0.2, 0.25) is 0 Å². The lowest BCUT2D eigenvalue weighted by atomic mass is 9.84. The van der Waals surface area contributed by atoms with Crippen LogP contribution in [-0.2, 0) is 0 Å². The van der Waals surface area contributed by atoms with Crippen LogP contribution >= 0.6 is 0 Å². The Labute approximate surface area is 190 Å². The van der Waals surface area contributed by atoms with E-state index >= 15 is 0 Å². The number of fused-ring (bicyclic) bond motifs is 2. The van der Waals surface area contributed by atoms with Crippen molar-refractivity contribution in [3.63, 3.8) is 0 Å². The second-order valence-electron chi connectivity index (χ2n) is 9.02. The second-order valence-corrected chi connectivity index (χ2v) is 9.02. The first-order valence-corrected chi connectivity index (χ1v) is 11.1. The number of hydrogen-bond acceptors (Lipinski definition) is 2. The first-order valence-electron chi connectivity index (χ1n) is 11.1. The Bertz CT molecular complexity index is 1730. The van der Waals surface area contributed by atoms with Gasteiger partial charge in [-0.2, -0.15) is 0 Å². The molecule has 0 N–H and O–H groups in total. The van der Waals surface area contributed by atoms with Crippen molar-refractivity contribution in [3.05, 3.63) is 101 Å². The van der Waals surface area contributed by atoms with Gasteiger partial charge >= 0.3 is 0 Å². The predicted molar refractivity (Wildman–Crippen MR) is 135 cm³/mol. The molecule has 0 saturated heterocycles. The molecule has 0 aromatic heterocycles. The van der Waals surface area contributed by atoms with Crippen molar-refractivity contribution in [2.75, 3.05) is 4.90 Å². The van der Waals surface area contributed by atoms with Crippen molar-refractivity contribution in [1.29, 1.82) is 0 Å². The highest BCUT2D eigenvalue weighted by Crippen LogP contribution is 2.44. The van der Waals surface area contributed by atoms with Crippen molar-refractivity contribution < 1.29 is 9.59 Å². The van der Waals surface area contributed by atoms with E-state index in [9.17, 15) is 9.59 Å². The lowest BCUT2D eigenvalue weighted by Gasteiger charge is -2.29. The van der Waals surface area contributed by atoms with E-state index in [0.717, 1.165) is 43.4 Å². The summed E-state index contributed by atoms with van der Waals surface area (Å²) in [7, 11) is 0. The molecule has 6 aromatic rings. The molecule has 1 aliphatic rings. The summed E-state index contributed by atoms with van der Waals surface area (Å²) < 4.78 is 0. The minimum atomic E-state index is -0.262. The summed E-state index contributed by atoms with van der Waals surface area (Å²) >= 11 is 0. The van der Waals surface area contributed by atoms with Gasteiger partial charge in [-0.15, -0.1) is 0 Å². The molecule has 33 heavy (non-hydrogen) atoms. The Hall–Kier alpha value is -4.24. The van der Waals surface area contributed by atoms with E-state index in [-0.39, 0.29) is 11.8 Å². The van der Waals surface area contributed by atoms with Crippen LogP contribution in [0.4, 0.5) is 5.69 Å². The molecule has 7 rings (SSSR count). The number of hydrogen-bond donors (Lipinski definition) is 0. The van der Waals surface area contributed by atoms with Gasteiger partial charge in [0.15, 0.2) is 0 Å². The molecule has 0 spiro atoms. The molecular formula is C30H19NO2. The fraction of sp³-hybridized carbons (Fsp3) is 0.0667. The number of aryl methyl sites for hydroxylation is 2. The highest BCUT2D eigenvalue weighted by Gasteiger charge is 2.35. The normalized spacial score (nSPS) is 13.8. The third-order valence-electron chi connectivity index (χ3n) is 7.12. The van der Waals surface area contributed by atoms with Crippen molar-refractivity contribution in [2.45, 2.75) is 13.8 Å². The molecular weight excluding hydrogens is 406 g/mol. The fourth-order valence-corrected chi connectivity index (χ4v) is 5.60. The van der Waals surface area contributed by atoms with Crippen LogP contribution in [0.15, 0.2) is 78.9 Å². The Morgan fingerprint density at radius 1 is 0.576 bits per heavy atom. The predicted octanol–water partition coefficient (Wildman–Crippen LogP) is 7.15. The number of imide groups is 1. The van der Waals surface area contributed by atoms with Crippen molar-refractivity contribution >= 4 is 60.6 Å². The molecule has 0 atom stereocenters. The highest BCUT2D eigenvalue weighted by molar-refractivity contribution is 6.42. The Balaban J connectivity index is 1.62. The molecule has 0 unspecified atom stereocenters. The molecule has 3 nitrogen and oxygen atoms in total. The van der Waals surface area contributed by atoms with E-state index < -0.39 is 0 Å². The van der Waals surface area contributed by atoms with E-state index in [1.807, 2.05) is 56.3 Å². The monoisotopic (exact) mass is 425 g/mol. The molecule has 0 aliphatic carbocycles. The standard InChI is InChI=1S/C30H19NO2/c1-16-9-10-17(2)25(15-16)31-29(32)23-13-11-21-19-7-3-5-18-6-4-8-20(26(18)19)22-12-14-24(30(31)33)28(23)27(21)22/h3-15H,1-2H3. The van der Waals surface area contributed by atoms with Crippen LogP contribution in [0.2, 0.25) is 0 Å². The molecule has 3 heteroatoms. The van der Waals surface area contributed by atoms with E-state index in [1.54, 1.807) is 0 Å². The topological polar surface area (TPSA) is 37.4 Å². The molecule has 1 aliphatic heterocycles. The summed E-state index contributed by atoms with van der Waals surface area (Å²) in [6.07, 6.45) is 0. The fourth-order valence-electron chi connectivity index (χ4n) is 5.60. The zero-order valence-corrected chi connectivity index (χ0v) is 18.3. The average Bonchev–Trinajstić information content (AvgIpc) is 2.83. The van der Waals surface area contributed by atoms with Crippen molar-refractivity contribution in [3.8, 4) is 0 Å². The minimum Gasteiger partial charge on any atom is -0.268 e. The van der Waals surface area contributed by atoms with Crippen LogP contribution in [0.3, 0.4) is 0 Å². The maximum Gasteiger partial charge on any atom is 0.265 e. The van der Waals surface area contributed by atoms with Gasteiger partial charge in [-0.3, -0.25) is 9.59 Å². The van der Waals surface area contributed by atoms with E-state index in [1.165, 1.54) is 15.7 Å². The molecule has 2 amide bonds. The van der Waals surface area contributed by atoms with E-state index in [2.05, 4.69) is 36.4 Å².